The standard InChI is InChI=1S/C25H22ClN5O5S/c26-21-10-7-18(31(33)34)15-20(21)25(32)27-17-5-8-19(9-6-17)37(35,36)30-13-11-16(12-14-30)24-28-22-3-1-2-4-23(22)29-24/h1-10,15-16H,11-14H2,(H,27,32)(H,28,29). The van der Waals surface area contributed by atoms with E-state index in [9.17, 15) is 23.3 Å². The Bertz CT molecular complexity index is 1560. The number of aromatic amines is 1. The van der Waals surface area contributed by atoms with E-state index in [0.29, 0.717) is 31.6 Å². The summed E-state index contributed by atoms with van der Waals surface area (Å²) < 4.78 is 27.9. The van der Waals surface area contributed by atoms with Crippen LogP contribution >= 0.6 is 11.6 Å². The van der Waals surface area contributed by atoms with Crippen LogP contribution in [0.15, 0.2) is 71.6 Å². The molecule has 1 amide bonds. The molecule has 0 spiro atoms. The summed E-state index contributed by atoms with van der Waals surface area (Å²) >= 11 is 6.03. The molecule has 0 radical (unpaired) electrons. The van der Waals surface area contributed by atoms with E-state index in [1.54, 1.807) is 0 Å². The molecule has 10 nitrogen and oxygen atoms in total. The number of H-pyrrole nitrogens is 1. The molecule has 2 heterocycles. The molecule has 4 aromatic rings. The van der Waals surface area contributed by atoms with Crippen molar-refractivity contribution in [2.24, 2.45) is 0 Å². The normalized spacial score (nSPS) is 15.1. The number of amides is 1. The van der Waals surface area contributed by atoms with Gasteiger partial charge in [-0.3, -0.25) is 14.9 Å². The van der Waals surface area contributed by atoms with E-state index in [-0.39, 0.29) is 27.1 Å². The molecule has 0 saturated carbocycles. The highest BCUT2D eigenvalue weighted by molar-refractivity contribution is 7.89. The van der Waals surface area contributed by atoms with Gasteiger partial charge in [0, 0.05) is 36.8 Å². The zero-order valence-electron chi connectivity index (χ0n) is 19.4. The average molecular weight is 540 g/mol. The fourth-order valence-corrected chi connectivity index (χ4v) is 6.07. The van der Waals surface area contributed by atoms with E-state index in [2.05, 4.69) is 15.3 Å². The summed E-state index contributed by atoms with van der Waals surface area (Å²) in [6.07, 6.45) is 1.30. The Morgan fingerprint density at radius 1 is 1.08 bits per heavy atom. The Balaban J connectivity index is 1.24. The van der Waals surface area contributed by atoms with Gasteiger partial charge in [-0.1, -0.05) is 23.7 Å². The van der Waals surface area contributed by atoms with Crippen LogP contribution in [0.1, 0.15) is 34.9 Å². The third-order valence-corrected chi connectivity index (χ3v) is 8.65. The first-order valence-electron chi connectivity index (χ1n) is 11.5. The Morgan fingerprint density at radius 3 is 2.46 bits per heavy atom. The number of anilines is 1. The minimum atomic E-state index is -3.72. The second-order valence-corrected chi connectivity index (χ2v) is 11.1. The first-order chi connectivity index (χ1) is 17.7. The Labute approximate surface area is 217 Å². The number of carbonyl (C=O) groups is 1. The molecule has 1 aromatic heterocycles. The topological polar surface area (TPSA) is 138 Å². The quantitative estimate of drug-likeness (QED) is 0.263. The van der Waals surface area contributed by atoms with Crippen molar-refractivity contribution in [2.75, 3.05) is 18.4 Å². The summed E-state index contributed by atoms with van der Waals surface area (Å²) in [4.78, 5) is 31.1. The molecule has 37 heavy (non-hydrogen) atoms. The lowest BCUT2D eigenvalue weighted by atomic mass is 9.97. The van der Waals surface area contributed by atoms with Gasteiger partial charge in [0.2, 0.25) is 10.0 Å². The van der Waals surface area contributed by atoms with Crippen LogP contribution < -0.4 is 5.32 Å². The molecule has 0 atom stereocenters. The van der Waals surface area contributed by atoms with Crippen LogP contribution in [-0.2, 0) is 10.0 Å². The summed E-state index contributed by atoms with van der Waals surface area (Å²) in [6.45, 7) is 0.738. The van der Waals surface area contributed by atoms with Gasteiger partial charge in [0.15, 0.2) is 0 Å². The smallest absolute Gasteiger partial charge is 0.270 e. The Morgan fingerprint density at radius 2 is 1.78 bits per heavy atom. The predicted molar refractivity (Wildman–Crippen MR) is 139 cm³/mol. The zero-order chi connectivity index (χ0) is 26.2. The summed E-state index contributed by atoms with van der Waals surface area (Å²) in [5.41, 5.74) is 1.87. The summed E-state index contributed by atoms with van der Waals surface area (Å²) in [6, 6.07) is 17.1. The van der Waals surface area contributed by atoms with Crippen LogP contribution in [0.5, 0.6) is 0 Å². The number of hydrogen-bond acceptors (Lipinski definition) is 6. The number of nitrogens with one attached hydrogen (secondary N) is 2. The second-order valence-electron chi connectivity index (χ2n) is 8.72. The Hall–Kier alpha value is -3.80. The molecule has 3 aromatic carbocycles. The molecule has 0 aliphatic carbocycles. The van der Waals surface area contributed by atoms with Crippen LogP contribution in [0.2, 0.25) is 5.02 Å². The number of piperidine rings is 1. The molecular formula is C25H22ClN5O5S. The third kappa shape index (κ3) is 5.06. The number of para-hydroxylation sites is 2. The lowest BCUT2D eigenvalue weighted by Crippen LogP contribution is -2.38. The largest absolute Gasteiger partial charge is 0.342 e. The number of fused-ring (bicyclic) bond motifs is 1. The van der Waals surface area contributed by atoms with Crippen molar-refractivity contribution in [3.63, 3.8) is 0 Å². The predicted octanol–water partition coefficient (Wildman–Crippen LogP) is 4.95. The number of rotatable bonds is 6. The van der Waals surface area contributed by atoms with Crippen LogP contribution in [0.4, 0.5) is 11.4 Å². The number of non-ortho nitro benzene ring substituents is 1. The van der Waals surface area contributed by atoms with E-state index in [4.69, 9.17) is 11.6 Å². The number of sulfonamides is 1. The summed E-state index contributed by atoms with van der Waals surface area (Å²) in [7, 11) is -3.72. The first kappa shape index (κ1) is 24.9. The highest BCUT2D eigenvalue weighted by Crippen LogP contribution is 2.31. The van der Waals surface area contributed by atoms with Gasteiger partial charge in [-0.25, -0.2) is 13.4 Å². The summed E-state index contributed by atoms with van der Waals surface area (Å²) in [5.74, 6) is 0.385. The van der Waals surface area contributed by atoms with Crippen molar-refractivity contribution in [1.29, 1.82) is 0 Å². The molecule has 2 N–H and O–H groups in total. The van der Waals surface area contributed by atoms with Crippen LogP contribution in [0.3, 0.4) is 0 Å². The number of imidazole rings is 1. The number of nitro benzene ring substituents is 1. The number of carbonyl (C=O) groups excluding carboxylic acids is 1. The molecule has 1 saturated heterocycles. The van der Waals surface area contributed by atoms with Crippen molar-refractivity contribution in [1.82, 2.24) is 14.3 Å². The highest BCUT2D eigenvalue weighted by Gasteiger charge is 2.31. The van der Waals surface area contributed by atoms with Gasteiger partial charge in [-0.15, -0.1) is 0 Å². The van der Waals surface area contributed by atoms with Gasteiger partial charge >= 0.3 is 0 Å². The number of nitro groups is 1. The van der Waals surface area contributed by atoms with Crippen LogP contribution in [0.25, 0.3) is 11.0 Å². The number of halogens is 1. The lowest BCUT2D eigenvalue weighted by Gasteiger charge is -2.30. The number of hydrogen-bond donors (Lipinski definition) is 2. The van der Waals surface area contributed by atoms with Crippen molar-refractivity contribution in [2.45, 2.75) is 23.7 Å². The monoisotopic (exact) mass is 539 g/mol. The maximum Gasteiger partial charge on any atom is 0.270 e. The van der Waals surface area contributed by atoms with E-state index in [1.165, 1.54) is 40.7 Å². The van der Waals surface area contributed by atoms with Gasteiger partial charge in [-0.05, 0) is 55.3 Å². The van der Waals surface area contributed by atoms with Crippen molar-refractivity contribution >= 4 is 49.9 Å². The van der Waals surface area contributed by atoms with Crippen LogP contribution in [-0.4, -0.2) is 46.6 Å². The van der Waals surface area contributed by atoms with Gasteiger partial charge < -0.3 is 10.3 Å². The molecule has 1 aliphatic heterocycles. The summed E-state index contributed by atoms with van der Waals surface area (Å²) in [5, 5.41) is 13.7. The van der Waals surface area contributed by atoms with Gasteiger partial charge in [-0.2, -0.15) is 4.31 Å². The first-order valence-corrected chi connectivity index (χ1v) is 13.3. The van der Waals surface area contributed by atoms with E-state index >= 15 is 0 Å². The van der Waals surface area contributed by atoms with Gasteiger partial charge in [0.05, 0.1) is 31.4 Å². The minimum absolute atomic E-state index is 0.0557. The molecule has 1 fully saturated rings. The molecule has 1 aliphatic rings. The van der Waals surface area contributed by atoms with Crippen molar-refractivity contribution in [3.8, 4) is 0 Å². The van der Waals surface area contributed by atoms with Gasteiger partial charge in [0.25, 0.3) is 11.6 Å². The van der Waals surface area contributed by atoms with E-state index < -0.39 is 20.9 Å². The number of benzene rings is 3. The SMILES string of the molecule is O=C(Nc1ccc(S(=O)(=O)N2CCC(c3nc4ccccc4[nH]3)CC2)cc1)c1cc([N+](=O)[O-])ccc1Cl. The minimum Gasteiger partial charge on any atom is -0.342 e. The highest BCUT2D eigenvalue weighted by atomic mass is 35.5. The number of aromatic nitrogens is 2. The van der Waals surface area contributed by atoms with Gasteiger partial charge in [0.1, 0.15) is 5.82 Å². The van der Waals surface area contributed by atoms with Crippen molar-refractivity contribution in [3.05, 3.63) is 93.3 Å². The maximum atomic E-state index is 13.2. The molecule has 5 rings (SSSR count). The van der Waals surface area contributed by atoms with E-state index in [0.717, 1.165) is 22.9 Å². The molecule has 12 heteroatoms. The Kier molecular flexibility index (Phi) is 6.67. The average Bonchev–Trinajstić information content (AvgIpc) is 3.33. The lowest BCUT2D eigenvalue weighted by molar-refractivity contribution is -0.384. The molecular weight excluding hydrogens is 518 g/mol. The van der Waals surface area contributed by atoms with Crippen molar-refractivity contribution < 1.29 is 18.1 Å². The molecule has 190 valence electrons. The third-order valence-electron chi connectivity index (χ3n) is 6.40. The number of nitrogens with zero attached hydrogens (tertiary/aromatic N) is 3. The zero-order valence-corrected chi connectivity index (χ0v) is 21.0. The fourth-order valence-electron chi connectivity index (χ4n) is 4.39. The molecule has 0 unspecified atom stereocenters. The second kappa shape index (κ2) is 9.92. The maximum absolute atomic E-state index is 13.2. The molecule has 0 bridgehead atoms. The van der Waals surface area contributed by atoms with Crippen LogP contribution in [0, 0.1) is 10.1 Å². The van der Waals surface area contributed by atoms with E-state index in [1.807, 2.05) is 24.3 Å². The fraction of sp³-hybridized carbons (Fsp3) is 0.200.